The lowest BCUT2D eigenvalue weighted by molar-refractivity contribution is -0.141. The highest BCUT2D eigenvalue weighted by atomic mass is 16.5. The molecule has 1 fully saturated rings. The predicted octanol–water partition coefficient (Wildman–Crippen LogP) is 1.45. The van der Waals surface area contributed by atoms with Crippen molar-refractivity contribution in [2.24, 2.45) is 5.92 Å². The van der Waals surface area contributed by atoms with E-state index in [0.717, 1.165) is 5.75 Å². The van der Waals surface area contributed by atoms with Gasteiger partial charge in [-0.3, -0.25) is 9.59 Å². The summed E-state index contributed by atoms with van der Waals surface area (Å²) in [4.78, 5) is 22.5. The van der Waals surface area contributed by atoms with Crippen molar-refractivity contribution >= 4 is 11.9 Å². The lowest BCUT2D eigenvalue weighted by Gasteiger charge is -2.12. The second-order valence-corrected chi connectivity index (χ2v) is 5.33. The number of carboxylic acids is 1. The fourth-order valence-corrected chi connectivity index (χ4v) is 2.51. The topological polar surface area (TPSA) is 84.9 Å². The van der Waals surface area contributed by atoms with E-state index < -0.39 is 5.97 Å². The summed E-state index contributed by atoms with van der Waals surface area (Å²) in [6.07, 6.45) is 1.82. The minimum atomic E-state index is -0.786. The molecule has 6 heteroatoms. The molecular formula is C16H21NO5. The third-order valence-corrected chi connectivity index (χ3v) is 3.62. The average Bonchev–Trinajstić information content (AvgIpc) is 2.96. The SMILES string of the molecule is O=C(COCCOc1ccccc1)N[C@H]1CC[C@@H](C(=O)O)C1. The molecule has 2 atom stereocenters. The molecule has 1 amide bonds. The summed E-state index contributed by atoms with van der Waals surface area (Å²) in [5.41, 5.74) is 0. The Morgan fingerprint density at radius 1 is 1.18 bits per heavy atom. The Labute approximate surface area is 129 Å². The zero-order valence-corrected chi connectivity index (χ0v) is 12.4. The molecule has 1 aromatic carbocycles. The third kappa shape index (κ3) is 5.37. The average molecular weight is 307 g/mol. The first kappa shape index (κ1) is 16.3. The van der Waals surface area contributed by atoms with Crippen molar-refractivity contribution in [3.63, 3.8) is 0 Å². The number of carboxylic acid groups (broad SMARTS) is 1. The van der Waals surface area contributed by atoms with Crippen LogP contribution in [0.3, 0.4) is 0 Å². The first-order chi connectivity index (χ1) is 10.6. The predicted molar refractivity (Wildman–Crippen MR) is 79.7 cm³/mol. The van der Waals surface area contributed by atoms with Gasteiger partial charge >= 0.3 is 5.97 Å². The van der Waals surface area contributed by atoms with Gasteiger partial charge in [-0.15, -0.1) is 0 Å². The van der Waals surface area contributed by atoms with Gasteiger partial charge in [0.1, 0.15) is 19.0 Å². The van der Waals surface area contributed by atoms with Crippen LogP contribution in [0.2, 0.25) is 0 Å². The molecule has 2 rings (SSSR count). The molecule has 22 heavy (non-hydrogen) atoms. The van der Waals surface area contributed by atoms with Gasteiger partial charge in [-0.05, 0) is 31.4 Å². The number of aliphatic carboxylic acids is 1. The van der Waals surface area contributed by atoms with Crippen LogP contribution in [0.15, 0.2) is 30.3 Å². The van der Waals surface area contributed by atoms with E-state index in [2.05, 4.69) is 5.32 Å². The van der Waals surface area contributed by atoms with Crippen molar-refractivity contribution in [2.75, 3.05) is 19.8 Å². The number of ether oxygens (including phenoxy) is 2. The molecule has 0 saturated heterocycles. The van der Waals surface area contributed by atoms with Crippen LogP contribution in [0.1, 0.15) is 19.3 Å². The standard InChI is InChI=1S/C16H21NO5/c18-15(17-13-7-6-12(10-13)16(19)20)11-21-8-9-22-14-4-2-1-3-5-14/h1-5,12-13H,6-11H2,(H,17,18)(H,19,20)/t12-,13+/m1/s1. The van der Waals surface area contributed by atoms with Crippen molar-refractivity contribution < 1.29 is 24.2 Å². The summed E-state index contributed by atoms with van der Waals surface area (Å²) < 4.78 is 10.7. The highest BCUT2D eigenvalue weighted by molar-refractivity contribution is 5.78. The smallest absolute Gasteiger partial charge is 0.306 e. The van der Waals surface area contributed by atoms with Crippen LogP contribution in [-0.4, -0.2) is 42.8 Å². The van der Waals surface area contributed by atoms with Crippen LogP contribution in [0.4, 0.5) is 0 Å². The Morgan fingerprint density at radius 2 is 1.95 bits per heavy atom. The first-order valence-corrected chi connectivity index (χ1v) is 7.43. The zero-order valence-electron chi connectivity index (χ0n) is 12.4. The molecule has 1 aliphatic rings. The van der Waals surface area contributed by atoms with E-state index in [1.54, 1.807) is 0 Å². The number of carbonyl (C=O) groups is 2. The Bertz CT molecular complexity index is 491. The summed E-state index contributed by atoms with van der Waals surface area (Å²) >= 11 is 0. The maximum atomic E-state index is 11.7. The van der Waals surface area contributed by atoms with Gasteiger partial charge in [-0.2, -0.15) is 0 Å². The fraction of sp³-hybridized carbons (Fsp3) is 0.500. The maximum absolute atomic E-state index is 11.7. The number of hydrogen-bond donors (Lipinski definition) is 2. The quantitative estimate of drug-likeness (QED) is 0.710. The number of benzene rings is 1. The minimum absolute atomic E-state index is 0.0353. The Hall–Kier alpha value is -2.08. The van der Waals surface area contributed by atoms with E-state index in [9.17, 15) is 9.59 Å². The lowest BCUT2D eigenvalue weighted by atomic mass is 10.1. The zero-order chi connectivity index (χ0) is 15.8. The highest BCUT2D eigenvalue weighted by Gasteiger charge is 2.30. The summed E-state index contributed by atoms with van der Waals surface area (Å²) in [5, 5.41) is 11.7. The van der Waals surface area contributed by atoms with Gasteiger partial charge in [-0.25, -0.2) is 0 Å². The third-order valence-electron chi connectivity index (χ3n) is 3.62. The number of amides is 1. The Balaban J connectivity index is 1.54. The van der Waals surface area contributed by atoms with Crippen LogP contribution >= 0.6 is 0 Å². The van der Waals surface area contributed by atoms with E-state index in [1.807, 2.05) is 30.3 Å². The molecule has 2 N–H and O–H groups in total. The summed E-state index contributed by atoms with van der Waals surface area (Å²) in [6, 6.07) is 9.33. The molecule has 1 aromatic rings. The molecule has 1 saturated carbocycles. The van der Waals surface area contributed by atoms with Gasteiger partial charge in [0, 0.05) is 6.04 Å². The van der Waals surface area contributed by atoms with Gasteiger partial charge < -0.3 is 19.9 Å². The van der Waals surface area contributed by atoms with Gasteiger partial charge in [-0.1, -0.05) is 18.2 Å². The van der Waals surface area contributed by atoms with Crippen LogP contribution in [0.5, 0.6) is 5.75 Å². The van der Waals surface area contributed by atoms with Crippen LogP contribution in [0.25, 0.3) is 0 Å². The second-order valence-electron chi connectivity index (χ2n) is 5.33. The van der Waals surface area contributed by atoms with Gasteiger partial charge in [0.15, 0.2) is 0 Å². The molecular weight excluding hydrogens is 286 g/mol. The van der Waals surface area contributed by atoms with Gasteiger partial charge in [0.2, 0.25) is 5.91 Å². The summed E-state index contributed by atoms with van der Waals surface area (Å²) in [5.74, 6) is -0.575. The Kier molecular flexibility index (Phi) is 6.21. The van der Waals surface area contributed by atoms with E-state index in [0.29, 0.717) is 32.5 Å². The summed E-state index contributed by atoms with van der Waals surface area (Å²) in [6.45, 7) is 0.666. The molecule has 0 unspecified atom stereocenters. The fourth-order valence-electron chi connectivity index (χ4n) is 2.51. The number of hydrogen-bond acceptors (Lipinski definition) is 4. The van der Waals surface area contributed by atoms with Crippen molar-refractivity contribution in [3.8, 4) is 5.75 Å². The molecule has 0 spiro atoms. The van der Waals surface area contributed by atoms with Crippen LogP contribution in [0, 0.1) is 5.92 Å². The van der Waals surface area contributed by atoms with E-state index in [-0.39, 0.29) is 24.5 Å². The number of rotatable bonds is 8. The van der Waals surface area contributed by atoms with Crippen molar-refractivity contribution in [2.45, 2.75) is 25.3 Å². The van der Waals surface area contributed by atoms with Crippen LogP contribution < -0.4 is 10.1 Å². The maximum Gasteiger partial charge on any atom is 0.306 e. The van der Waals surface area contributed by atoms with E-state index in [1.165, 1.54) is 0 Å². The lowest BCUT2D eigenvalue weighted by Crippen LogP contribution is -2.36. The van der Waals surface area contributed by atoms with E-state index >= 15 is 0 Å². The van der Waals surface area contributed by atoms with Gasteiger partial charge in [0.25, 0.3) is 0 Å². The number of nitrogens with one attached hydrogen (secondary N) is 1. The normalized spacial score (nSPS) is 20.5. The molecule has 0 aromatic heterocycles. The van der Waals surface area contributed by atoms with Crippen molar-refractivity contribution in [1.29, 1.82) is 0 Å². The van der Waals surface area contributed by atoms with Crippen LogP contribution in [-0.2, 0) is 14.3 Å². The largest absolute Gasteiger partial charge is 0.491 e. The van der Waals surface area contributed by atoms with Crippen molar-refractivity contribution in [1.82, 2.24) is 5.32 Å². The summed E-state index contributed by atoms with van der Waals surface area (Å²) in [7, 11) is 0. The van der Waals surface area contributed by atoms with Crippen molar-refractivity contribution in [3.05, 3.63) is 30.3 Å². The Morgan fingerprint density at radius 3 is 2.64 bits per heavy atom. The highest BCUT2D eigenvalue weighted by Crippen LogP contribution is 2.25. The molecule has 120 valence electrons. The monoisotopic (exact) mass is 307 g/mol. The molecule has 0 aliphatic heterocycles. The van der Waals surface area contributed by atoms with E-state index in [4.69, 9.17) is 14.6 Å². The second kappa shape index (κ2) is 8.38. The molecule has 1 aliphatic carbocycles. The molecule has 6 nitrogen and oxygen atoms in total. The minimum Gasteiger partial charge on any atom is -0.491 e. The van der Waals surface area contributed by atoms with Gasteiger partial charge in [0.05, 0.1) is 12.5 Å². The molecule has 0 radical (unpaired) electrons. The molecule has 0 bridgehead atoms. The first-order valence-electron chi connectivity index (χ1n) is 7.43. The number of para-hydroxylation sites is 1. The number of carbonyl (C=O) groups excluding carboxylic acids is 1. The molecule has 0 heterocycles.